The lowest BCUT2D eigenvalue weighted by atomic mass is 10.1. The molecule has 3 rings (SSSR count). The van der Waals surface area contributed by atoms with Crippen LogP contribution in [0.15, 0.2) is 61.3 Å². The van der Waals surface area contributed by atoms with Crippen LogP contribution in [0.25, 0.3) is 16.8 Å². The van der Waals surface area contributed by atoms with Crippen LogP contribution in [0.3, 0.4) is 0 Å². The van der Waals surface area contributed by atoms with E-state index < -0.39 is 0 Å². The first-order valence-electron chi connectivity index (χ1n) is 10.4. The van der Waals surface area contributed by atoms with Gasteiger partial charge < -0.3 is 14.5 Å². The molecule has 5 heteroatoms. The van der Waals surface area contributed by atoms with Crippen LogP contribution in [0.1, 0.15) is 31.0 Å². The number of ether oxygens (including phenoxy) is 1. The Hall–Kier alpha value is -3.05. The van der Waals surface area contributed by atoms with Crippen molar-refractivity contribution >= 4 is 5.70 Å². The number of nitrogens with zero attached hydrogens (tertiary/aromatic N) is 3. The lowest BCUT2D eigenvalue weighted by Crippen LogP contribution is -2.19. The molecule has 0 saturated carbocycles. The fourth-order valence-electron chi connectivity index (χ4n) is 3.30. The fourth-order valence-corrected chi connectivity index (χ4v) is 3.30. The van der Waals surface area contributed by atoms with Crippen LogP contribution in [0.4, 0.5) is 0 Å². The maximum absolute atomic E-state index is 6.07. The highest BCUT2D eigenvalue weighted by atomic mass is 16.5. The van der Waals surface area contributed by atoms with Crippen LogP contribution in [0.2, 0.25) is 0 Å². The number of hydrogen-bond acceptors (Lipinski definition) is 4. The van der Waals surface area contributed by atoms with Gasteiger partial charge in [-0.2, -0.15) is 5.10 Å². The minimum absolute atomic E-state index is 0.796. The zero-order valence-corrected chi connectivity index (χ0v) is 18.5. The van der Waals surface area contributed by atoms with E-state index in [4.69, 9.17) is 4.74 Å². The summed E-state index contributed by atoms with van der Waals surface area (Å²) in [6.07, 6.45) is 4.30. The number of aromatic amines is 1. The predicted molar refractivity (Wildman–Crippen MR) is 125 cm³/mol. The molecule has 0 fully saturated rings. The molecule has 0 spiro atoms. The number of aromatic nitrogens is 2. The molecule has 158 valence electrons. The van der Waals surface area contributed by atoms with E-state index in [0.717, 1.165) is 52.7 Å². The minimum Gasteiger partial charge on any atom is -0.457 e. The second-order valence-corrected chi connectivity index (χ2v) is 7.85. The van der Waals surface area contributed by atoms with Crippen molar-refractivity contribution in [3.63, 3.8) is 0 Å². The molecule has 0 aliphatic heterocycles. The monoisotopic (exact) mass is 404 g/mol. The maximum Gasteiger partial charge on any atom is 0.128 e. The molecule has 30 heavy (non-hydrogen) atoms. The highest BCUT2D eigenvalue weighted by Crippen LogP contribution is 2.29. The molecular weight excluding hydrogens is 372 g/mol. The zero-order valence-electron chi connectivity index (χ0n) is 18.5. The van der Waals surface area contributed by atoms with Crippen molar-refractivity contribution in [3.8, 4) is 22.6 Å². The van der Waals surface area contributed by atoms with Crippen LogP contribution in [0, 0.1) is 0 Å². The average Bonchev–Trinajstić information content (AvgIpc) is 3.20. The number of unbranched alkanes of at least 4 members (excludes halogenated alkanes) is 1. The highest BCUT2D eigenvalue weighted by Gasteiger charge is 2.11. The molecule has 0 amide bonds. The van der Waals surface area contributed by atoms with Crippen LogP contribution in [-0.2, 0) is 6.54 Å². The van der Waals surface area contributed by atoms with Gasteiger partial charge in [-0.15, -0.1) is 0 Å². The Morgan fingerprint density at radius 1 is 1.07 bits per heavy atom. The number of rotatable bonds is 10. The first-order valence-corrected chi connectivity index (χ1v) is 10.4. The van der Waals surface area contributed by atoms with E-state index in [-0.39, 0.29) is 0 Å². The summed E-state index contributed by atoms with van der Waals surface area (Å²) in [4.78, 5) is 4.32. The summed E-state index contributed by atoms with van der Waals surface area (Å²) < 4.78 is 6.07. The van der Waals surface area contributed by atoms with Crippen molar-refractivity contribution in [2.24, 2.45) is 0 Å². The lowest BCUT2D eigenvalue weighted by molar-refractivity contribution is 0.317. The number of hydrogen-bond donors (Lipinski definition) is 1. The summed E-state index contributed by atoms with van der Waals surface area (Å²) >= 11 is 0. The van der Waals surface area contributed by atoms with Gasteiger partial charge in [0.05, 0.1) is 11.9 Å². The first kappa shape index (κ1) is 21.7. The molecule has 1 N–H and O–H groups in total. The molecule has 3 aromatic rings. The van der Waals surface area contributed by atoms with Gasteiger partial charge in [-0.05, 0) is 49.8 Å². The average molecular weight is 405 g/mol. The van der Waals surface area contributed by atoms with E-state index in [9.17, 15) is 0 Å². The van der Waals surface area contributed by atoms with Gasteiger partial charge in [0.25, 0.3) is 0 Å². The normalized spacial score (nSPS) is 11.0. The summed E-state index contributed by atoms with van der Waals surface area (Å²) in [6, 6.07) is 16.2. The second-order valence-electron chi connectivity index (χ2n) is 7.85. The summed E-state index contributed by atoms with van der Waals surface area (Å²) in [6.45, 7) is 8.27. The van der Waals surface area contributed by atoms with E-state index in [1.54, 1.807) is 0 Å². The quantitative estimate of drug-likeness (QED) is 0.475. The van der Waals surface area contributed by atoms with Crippen molar-refractivity contribution in [1.82, 2.24) is 20.0 Å². The molecule has 0 aliphatic rings. The summed E-state index contributed by atoms with van der Waals surface area (Å²) in [5.41, 5.74) is 5.40. The maximum atomic E-state index is 6.07. The van der Waals surface area contributed by atoms with Gasteiger partial charge in [0.1, 0.15) is 11.5 Å². The molecule has 2 aromatic carbocycles. The Morgan fingerprint density at radius 2 is 1.83 bits per heavy atom. The molecule has 0 unspecified atom stereocenters. The number of H-pyrrole nitrogens is 1. The third-order valence-corrected chi connectivity index (χ3v) is 5.15. The fraction of sp³-hybridized carbons (Fsp3) is 0.320. The van der Waals surface area contributed by atoms with Gasteiger partial charge in [0.2, 0.25) is 0 Å². The Bertz CT molecular complexity index is 959. The molecular formula is C25H32N4O. The van der Waals surface area contributed by atoms with Gasteiger partial charge in [0.15, 0.2) is 0 Å². The van der Waals surface area contributed by atoms with Crippen LogP contribution >= 0.6 is 0 Å². The van der Waals surface area contributed by atoms with Gasteiger partial charge in [0, 0.05) is 37.5 Å². The van der Waals surface area contributed by atoms with E-state index >= 15 is 0 Å². The standard InChI is InChI=1S/C25H32N4O/c1-6-7-15-29(5)18-25-24(17-26-27-25)20-11-13-22(14-12-20)30-23-10-8-9-21(16-23)19(2)28(3)4/h8-14,16-17H,2,6-7,15,18H2,1,3-5H3,(H,26,27). The minimum atomic E-state index is 0.796. The Balaban J connectivity index is 1.70. The van der Waals surface area contributed by atoms with Gasteiger partial charge in [-0.3, -0.25) is 5.10 Å². The smallest absolute Gasteiger partial charge is 0.128 e. The molecule has 1 aromatic heterocycles. The third kappa shape index (κ3) is 5.51. The molecule has 0 radical (unpaired) electrons. The molecule has 1 heterocycles. The Morgan fingerprint density at radius 3 is 2.53 bits per heavy atom. The van der Waals surface area contributed by atoms with Crippen molar-refractivity contribution in [3.05, 3.63) is 72.6 Å². The largest absolute Gasteiger partial charge is 0.457 e. The van der Waals surface area contributed by atoms with Crippen LogP contribution in [-0.4, -0.2) is 47.7 Å². The summed E-state index contributed by atoms with van der Waals surface area (Å²) in [7, 11) is 6.12. The van der Waals surface area contributed by atoms with Gasteiger partial charge in [-0.1, -0.05) is 44.2 Å². The highest BCUT2D eigenvalue weighted by molar-refractivity contribution is 5.66. The topological polar surface area (TPSA) is 44.4 Å². The van der Waals surface area contributed by atoms with Crippen molar-refractivity contribution < 1.29 is 4.74 Å². The molecule has 5 nitrogen and oxygen atoms in total. The Kier molecular flexibility index (Phi) is 7.31. The van der Waals surface area contributed by atoms with E-state index in [1.165, 1.54) is 12.8 Å². The van der Waals surface area contributed by atoms with E-state index in [1.807, 2.05) is 61.6 Å². The molecule has 0 aliphatic carbocycles. The predicted octanol–water partition coefficient (Wildman–Crippen LogP) is 5.63. The zero-order chi connectivity index (χ0) is 21.5. The number of benzene rings is 2. The van der Waals surface area contributed by atoms with Crippen molar-refractivity contribution in [1.29, 1.82) is 0 Å². The summed E-state index contributed by atoms with van der Waals surface area (Å²) in [5, 5.41) is 7.42. The van der Waals surface area contributed by atoms with Crippen molar-refractivity contribution in [2.45, 2.75) is 26.3 Å². The van der Waals surface area contributed by atoms with E-state index in [0.29, 0.717) is 0 Å². The Labute approximate surface area is 180 Å². The third-order valence-electron chi connectivity index (χ3n) is 5.15. The second kappa shape index (κ2) is 10.1. The van der Waals surface area contributed by atoms with Gasteiger partial charge in [-0.25, -0.2) is 0 Å². The van der Waals surface area contributed by atoms with Crippen LogP contribution in [0.5, 0.6) is 11.5 Å². The molecule has 0 saturated heterocycles. The van der Waals surface area contributed by atoms with Gasteiger partial charge >= 0.3 is 0 Å². The molecule has 0 atom stereocenters. The first-order chi connectivity index (χ1) is 14.5. The molecule has 0 bridgehead atoms. The van der Waals surface area contributed by atoms with Crippen LogP contribution < -0.4 is 4.74 Å². The lowest BCUT2D eigenvalue weighted by Gasteiger charge is -2.17. The SMILES string of the molecule is C=C(c1cccc(Oc2ccc(-c3cn[nH]c3CN(C)CCCC)cc2)c1)N(C)C. The van der Waals surface area contributed by atoms with Crippen molar-refractivity contribution in [2.75, 3.05) is 27.7 Å². The summed E-state index contributed by atoms with van der Waals surface area (Å²) in [5.74, 6) is 1.60. The van der Waals surface area contributed by atoms with E-state index in [2.05, 4.69) is 47.8 Å². The number of nitrogens with one attached hydrogen (secondary N) is 1.